The van der Waals surface area contributed by atoms with E-state index in [1.165, 1.54) is 52.7 Å². The molecule has 0 aromatic heterocycles. The first-order valence-electron chi connectivity index (χ1n) is 12.3. The Kier molecular flexibility index (Phi) is 8.85. The zero-order valence-electron chi connectivity index (χ0n) is 20.3. The van der Waals surface area contributed by atoms with Crippen molar-refractivity contribution in [2.75, 3.05) is 0 Å². The molecule has 0 spiro atoms. The van der Waals surface area contributed by atoms with E-state index in [0.29, 0.717) is 6.42 Å². The Labute approximate surface area is 195 Å². The molecule has 0 fully saturated rings. The largest absolute Gasteiger partial charge is 0.294 e. The first-order chi connectivity index (χ1) is 15.5. The van der Waals surface area contributed by atoms with Crippen LogP contribution in [-0.4, -0.2) is 5.78 Å². The number of ketones is 1. The third-order valence-corrected chi connectivity index (χ3v) is 6.50. The van der Waals surface area contributed by atoms with E-state index in [9.17, 15) is 4.79 Å². The lowest BCUT2D eigenvalue weighted by molar-refractivity contribution is 0.0979. The number of hydrogen-bond acceptors (Lipinski definition) is 1. The second kappa shape index (κ2) is 11.8. The monoisotopic (exact) mass is 426 g/mol. The molecular formula is C31H38O. The van der Waals surface area contributed by atoms with Gasteiger partial charge in [-0.05, 0) is 85.6 Å². The second-order valence-electron chi connectivity index (χ2n) is 9.19. The standard InChI is InChI=1S/C31H38O/c1-5-6-7-8-9-14-31(32)27-20-17-24(3)28(21-27)22-30(26-18-15-23(2)16-19-26)29-13-11-10-12-25(29)4/h10,12,15-22H,5-9,11,13-14H2,1-4H3/b30-22-. The maximum atomic E-state index is 12.8. The Morgan fingerprint density at radius 1 is 0.906 bits per heavy atom. The first-order valence-corrected chi connectivity index (χ1v) is 12.3. The highest BCUT2D eigenvalue weighted by atomic mass is 16.1. The zero-order valence-corrected chi connectivity index (χ0v) is 20.3. The fourth-order valence-electron chi connectivity index (χ4n) is 4.37. The molecule has 0 amide bonds. The molecule has 168 valence electrons. The van der Waals surface area contributed by atoms with Gasteiger partial charge in [-0.25, -0.2) is 0 Å². The smallest absolute Gasteiger partial charge is 0.162 e. The van der Waals surface area contributed by atoms with E-state index in [1.54, 1.807) is 0 Å². The van der Waals surface area contributed by atoms with Crippen LogP contribution in [-0.2, 0) is 0 Å². The Hall–Kier alpha value is -2.67. The lowest BCUT2D eigenvalue weighted by Gasteiger charge is -2.19. The summed E-state index contributed by atoms with van der Waals surface area (Å²) in [4.78, 5) is 12.8. The Morgan fingerprint density at radius 3 is 2.34 bits per heavy atom. The molecule has 1 heteroatoms. The molecule has 0 atom stereocenters. The molecule has 0 saturated carbocycles. The van der Waals surface area contributed by atoms with Crippen molar-refractivity contribution in [1.82, 2.24) is 0 Å². The first kappa shape index (κ1) is 24.0. The van der Waals surface area contributed by atoms with Crippen LogP contribution in [0, 0.1) is 13.8 Å². The summed E-state index contributed by atoms with van der Waals surface area (Å²) in [5, 5.41) is 0. The summed E-state index contributed by atoms with van der Waals surface area (Å²) in [6.07, 6.45) is 15.4. The molecule has 0 heterocycles. The van der Waals surface area contributed by atoms with Crippen LogP contribution in [0.4, 0.5) is 0 Å². The SMILES string of the molecule is CCCCCCCC(=O)c1ccc(C)c(/C=C(\C2=C(C)C=CCC2)c2ccc(C)cc2)c1. The zero-order chi connectivity index (χ0) is 22.9. The van der Waals surface area contributed by atoms with Gasteiger partial charge in [-0.2, -0.15) is 0 Å². The molecule has 1 aliphatic carbocycles. The van der Waals surface area contributed by atoms with E-state index in [1.807, 2.05) is 6.07 Å². The van der Waals surface area contributed by atoms with Gasteiger partial charge in [-0.3, -0.25) is 4.79 Å². The number of benzene rings is 2. The van der Waals surface area contributed by atoms with Gasteiger partial charge in [0, 0.05) is 12.0 Å². The molecule has 32 heavy (non-hydrogen) atoms. The van der Waals surface area contributed by atoms with E-state index in [0.717, 1.165) is 36.8 Å². The predicted molar refractivity (Wildman–Crippen MR) is 139 cm³/mol. The maximum absolute atomic E-state index is 12.8. The Balaban J connectivity index is 1.93. The van der Waals surface area contributed by atoms with Crippen molar-refractivity contribution in [3.63, 3.8) is 0 Å². The summed E-state index contributed by atoms with van der Waals surface area (Å²) in [6, 6.07) is 15.0. The fraction of sp³-hybridized carbons (Fsp3) is 0.387. The third kappa shape index (κ3) is 6.42. The Morgan fingerprint density at radius 2 is 1.62 bits per heavy atom. The number of carbonyl (C=O) groups is 1. The maximum Gasteiger partial charge on any atom is 0.162 e. The van der Waals surface area contributed by atoms with Crippen LogP contribution < -0.4 is 0 Å². The summed E-state index contributed by atoms with van der Waals surface area (Å²) in [5.74, 6) is 0.268. The van der Waals surface area contributed by atoms with E-state index >= 15 is 0 Å². The van der Waals surface area contributed by atoms with E-state index in [4.69, 9.17) is 0 Å². The minimum atomic E-state index is 0.268. The van der Waals surface area contributed by atoms with Crippen LogP contribution in [0.1, 0.15) is 97.8 Å². The second-order valence-corrected chi connectivity index (χ2v) is 9.19. The quantitative estimate of drug-likeness (QED) is 0.210. The molecule has 2 aromatic rings. The van der Waals surface area contributed by atoms with Crippen molar-refractivity contribution in [2.24, 2.45) is 0 Å². The number of Topliss-reactive ketones (excluding diaryl/α,β-unsaturated/α-hetero) is 1. The molecule has 0 radical (unpaired) electrons. The Bertz CT molecular complexity index is 1010. The van der Waals surface area contributed by atoms with Crippen LogP contribution in [0.15, 0.2) is 65.8 Å². The van der Waals surface area contributed by atoms with Gasteiger partial charge in [0.2, 0.25) is 0 Å². The highest BCUT2D eigenvalue weighted by Gasteiger charge is 2.14. The van der Waals surface area contributed by atoms with E-state index < -0.39 is 0 Å². The number of aryl methyl sites for hydroxylation is 2. The molecule has 0 N–H and O–H groups in total. The van der Waals surface area contributed by atoms with Crippen LogP contribution in [0.3, 0.4) is 0 Å². The van der Waals surface area contributed by atoms with Gasteiger partial charge in [0.25, 0.3) is 0 Å². The lowest BCUT2D eigenvalue weighted by Crippen LogP contribution is -2.01. The molecule has 1 nitrogen and oxygen atoms in total. The summed E-state index contributed by atoms with van der Waals surface area (Å²) in [6.45, 7) is 8.69. The minimum Gasteiger partial charge on any atom is -0.294 e. The highest BCUT2D eigenvalue weighted by Crippen LogP contribution is 2.34. The van der Waals surface area contributed by atoms with Crippen molar-refractivity contribution in [2.45, 2.75) is 79.1 Å². The molecule has 0 unspecified atom stereocenters. The number of rotatable bonds is 10. The third-order valence-electron chi connectivity index (χ3n) is 6.50. The number of hydrogen-bond donors (Lipinski definition) is 0. The molecule has 3 rings (SSSR count). The van der Waals surface area contributed by atoms with E-state index in [2.05, 4.69) is 82.3 Å². The van der Waals surface area contributed by atoms with Crippen molar-refractivity contribution < 1.29 is 4.79 Å². The minimum absolute atomic E-state index is 0.268. The van der Waals surface area contributed by atoms with Crippen LogP contribution in [0.25, 0.3) is 11.6 Å². The van der Waals surface area contributed by atoms with Gasteiger partial charge in [0.05, 0.1) is 0 Å². The van der Waals surface area contributed by atoms with Crippen molar-refractivity contribution in [3.05, 3.63) is 93.6 Å². The van der Waals surface area contributed by atoms with Gasteiger partial charge in [0.15, 0.2) is 5.78 Å². The lowest BCUT2D eigenvalue weighted by atomic mass is 9.86. The number of allylic oxidation sites excluding steroid dienone is 5. The topological polar surface area (TPSA) is 17.1 Å². The number of carbonyl (C=O) groups excluding carboxylic acids is 1. The molecule has 1 aliphatic rings. The van der Waals surface area contributed by atoms with Crippen LogP contribution >= 0.6 is 0 Å². The van der Waals surface area contributed by atoms with Gasteiger partial charge in [0.1, 0.15) is 0 Å². The van der Waals surface area contributed by atoms with Gasteiger partial charge in [-0.15, -0.1) is 0 Å². The van der Waals surface area contributed by atoms with E-state index in [-0.39, 0.29) is 5.78 Å². The summed E-state index contributed by atoms with van der Waals surface area (Å²) < 4.78 is 0. The molecule has 0 saturated heterocycles. The van der Waals surface area contributed by atoms with Gasteiger partial charge >= 0.3 is 0 Å². The normalized spacial score (nSPS) is 14.2. The molecule has 0 aliphatic heterocycles. The van der Waals surface area contributed by atoms with Crippen LogP contribution in [0.2, 0.25) is 0 Å². The van der Waals surface area contributed by atoms with Gasteiger partial charge in [-0.1, -0.05) is 86.7 Å². The predicted octanol–water partition coefficient (Wildman–Crippen LogP) is 9.05. The van der Waals surface area contributed by atoms with Crippen molar-refractivity contribution in [3.8, 4) is 0 Å². The molecule has 2 aromatic carbocycles. The average molecular weight is 427 g/mol. The average Bonchev–Trinajstić information content (AvgIpc) is 2.79. The highest BCUT2D eigenvalue weighted by molar-refractivity contribution is 5.98. The summed E-state index contributed by atoms with van der Waals surface area (Å²) in [7, 11) is 0. The van der Waals surface area contributed by atoms with Gasteiger partial charge < -0.3 is 0 Å². The molecule has 0 bridgehead atoms. The van der Waals surface area contributed by atoms with Crippen molar-refractivity contribution >= 4 is 17.4 Å². The molecular weight excluding hydrogens is 388 g/mol. The van der Waals surface area contributed by atoms with Crippen molar-refractivity contribution in [1.29, 1.82) is 0 Å². The summed E-state index contributed by atoms with van der Waals surface area (Å²) >= 11 is 0. The summed E-state index contributed by atoms with van der Waals surface area (Å²) in [5.41, 5.74) is 9.72. The van der Waals surface area contributed by atoms with Crippen LogP contribution in [0.5, 0.6) is 0 Å². The number of unbranched alkanes of at least 4 members (excludes halogenated alkanes) is 4. The fourth-order valence-corrected chi connectivity index (χ4v) is 4.37.